The molecule has 0 aliphatic carbocycles. The zero-order valence-corrected chi connectivity index (χ0v) is 11.2. The van der Waals surface area contributed by atoms with Crippen molar-refractivity contribution < 1.29 is 28.9 Å². The van der Waals surface area contributed by atoms with Gasteiger partial charge in [-0.25, -0.2) is 14.0 Å². The van der Waals surface area contributed by atoms with Crippen LogP contribution in [0, 0.1) is 5.82 Å². The number of carbonyl (C=O) groups is 2. The number of benzene rings is 1. The van der Waals surface area contributed by atoms with Crippen molar-refractivity contribution in [3.05, 3.63) is 24.0 Å². The fourth-order valence-electron chi connectivity index (χ4n) is 2.19. The number of nitrogens with zero attached hydrogens (tertiary/aromatic N) is 1. The third-order valence-corrected chi connectivity index (χ3v) is 3.24. The second-order valence-electron chi connectivity index (χ2n) is 4.67. The lowest BCUT2D eigenvalue weighted by molar-refractivity contribution is -0.141. The first-order chi connectivity index (χ1) is 9.92. The summed E-state index contributed by atoms with van der Waals surface area (Å²) in [6, 6.07) is 1.89. The van der Waals surface area contributed by atoms with E-state index in [1.165, 1.54) is 19.2 Å². The molecule has 2 atom stereocenters. The predicted octanol–water partition coefficient (Wildman–Crippen LogP) is 0.886. The maximum absolute atomic E-state index is 13.6. The highest BCUT2D eigenvalue weighted by atomic mass is 19.1. The summed E-state index contributed by atoms with van der Waals surface area (Å²) in [4.78, 5) is 24.1. The average molecular weight is 298 g/mol. The number of aliphatic hydroxyl groups excluding tert-OH is 1. The van der Waals surface area contributed by atoms with Crippen molar-refractivity contribution in [1.29, 1.82) is 0 Å². The number of carbonyl (C=O) groups excluding carboxylic acids is 1. The Hall–Kier alpha value is -2.35. The summed E-state index contributed by atoms with van der Waals surface area (Å²) in [7, 11) is 1.40. The minimum atomic E-state index is -1.21. The predicted molar refractivity (Wildman–Crippen MR) is 70.7 cm³/mol. The Labute approximate surface area is 119 Å². The van der Waals surface area contributed by atoms with Gasteiger partial charge < -0.3 is 25.2 Å². The molecule has 0 bridgehead atoms. The van der Waals surface area contributed by atoms with Gasteiger partial charge in [-0.15, -0.1) is 0 Å². The van der Waals surface area contributed by atoms with Gasteiger partial charge in [-0.05, 0) is 12.1 Å². The lowest BCUT2D eigenvalue weighted by atomic mass is 10.2. The van der Waals surface area contributed by atoms with Crippen molar-refractivity contribution in [3.8, 4) is 5.75 Å². The third-order valence-electron chi connectivity index (χ3n) is 3.24. The van der Waals surface area contributed by atoms with E-state index in [0.717, 1.165) is 11.0 Å². The highest BCUT2D eigenvalue weighted by Crippen LogP contribution is 2.24. The van der Waals surface area contributed by atoms with E-state index in [9.17, 15) is 19.1 Å². The Kier molecular flexibility index (Phi) is 4.27. The lowest BCUT2D eigenvalue weighted by Crippen LogP contribution is -2.43. The molecule has 0 spiro atoms. The fourth-order valence-corrected chi connectivity index (χ4v) is 2.19. The first kappa shape index (κ1) is 15.0. The molecule has 114 valence electrons. The van der Waals surface area contributed by atoms with Crippen LogP contribution in [0.4, 0.5) is 14.9 Å². The summed E-state index contributed by atoms with van der Waals surface area (Å²) < 4.78 is 18.6. The number of ether oxygens (including phenoxy) is 1. The standard InChI is InChI=1S/C13H15FN2O5/c1-21-8-2-3-9(14)10(5-8)15-13(20)16-6-7(17)4-11(16)12(18)19/h2-3,5,7,11,17H,4,6H2,1H3,(H,15,20)(H,18,19)/t7-,11-/m1/s1. The van der Waals surface area contributed by atoms with Crippen LogP contribution in [0.15, 0.2) is 18.2 Å². The van der Waals surface area contributed by atoms with Gasteiger partial charge in [-0.2, -0.15) is 0 Å². The van der Waals surface area contributed by atoms with Gasteiger partial charge in [0.05, 0.1) is 18.9 Å². The highest BCUT2D eigenvalue weighted by Gasteiger charge is 2.39. The van der Waals surface area contributed by atoms with Crippen LogP contribution >= 0.6 is 0 Å². The Bertz CT molecular complexity index is 565. The number of hydrogen-bond acceptors (Lipinski definition) is 4. The number of β-amino-alcohol motifs (C(OH)–C–C–N with tert-alkyl or cyclic N) is 1. The number of urea groups is 1. The first-order valence-electron chi connectivity index (χ1n) is 6.24. The summed E-state index contributed by atoms with van der Waals surface area (Å²) in [5.41, 5.74) is -0.120. The Balaban J connectivity index is 2.16. The van der Waals surface area contributed by atoms with Crippen molar-refractivity contribution >= 4 is 17.7 Å². The Morgan fingerprint density at radius 3 is 2.81 bits per heavy atom. The minimum absolute atomic E-state index is 0.0522. The molecule has 1 aromatic rings. The number of halogens is 1. The van der Waals surface area contributed by atoms with Crippen LogP contribution in [0.2, 0.25) is 0 Å². The summed E-state index contributed by atoms with van der Waals surface area (Å²) in [5, 5.41) is 20.8. The Morgan fingerprint density at radius 1 is 1.48 bits per heavy atom. The van der Waals surface area contributed by atoms with E-state index >= 15 is 0 Å². The molecular formula is C13H15FN2O5. The number of carboxylic acids is 1. The number of anilines is 1. The molecule has 21 heavy (non-hydrogen) atoms. The van der Waals surface area contributed by atoms with Crippen molar-refractivity contribution in [2.75, 3.05) is 19.0 Å². The van der Waals surface area contributed by atoms with Crippen molar-refractivity contribution in [2.24, 2.45) is 0 Å². The van der Waals surface area contributed by atoms with Gasteiger partial charge >= 0.3 is 12.0 Å². The molecule has 1 fully saturated rings. The molecule has 1 aliphatic heterocycles. The van der Waals surface area contributed by atoms with Crippen LogP contribution < -0.4 is 10.1 Å². The van der Waals surface area contributed by atoms with E-state index in [1.54, 1.807) is 0 Å². The third kappa shape index (κ3) is 3.22. The number of rotatable bonds is 3. The van der Waals surface area contributed by atoms with E-state index in [0.29, 0.717) is 5.75 Å². The Morgan fingerprint density at radius 2 is 2.19 bits per heavy atom. The molecule has 1 heterocycles. The summed E-state index contributed by atoms with van der Waals surface area (Å²) in [6.07, 6.45) is -0.962. The zero-order chi connectivity index (χ0) is 15.6. The van der Waals surface area contributed by atoms with Gasteiger partial charge in [0.15, 0.2) is 0 Å². The molecular weight excluding hydrogens is 283 g/mol. The smallest absolute Gasteiger partial charge is 0.326 e. The quantitative estimate of drug-likeness (QED) is 0.769. The van der Waals surface area contributed by atoms with Crippen LogP contribution in [0.5, 0.6) is 5.75 Å². The lowest BCUT2D eigenvalue weighted by Gasteiger charge is -2.21. The van der Waals surface area contributed by atoms with Crippen molar-refractivity contribution in [1.82, 2.24) is 4.90 Å². The van der Waals surface area contributed by atoms with Gasteiger partial charge in [-0.3, -0.25) is 0 Å². The molecule has 7 nitrogen and oxygen atoms in total. The fraction of sp³-hybridized carbons (Fsp3) is 0.385. The van der Waals surface area contributed by atoms with Gasteiger partial charge in [-0.1, -0.05) is 0 Å². The molecule has 1 aromatic carbocycles. The summed E-state index contributed by atoms with van der Waals surface area (Å²) in [6.45, 7) is -0.117. The maximum Gasteiger partial charge on any atom is 0.326 e. The van der Waals surface area contributed by atoms with Crippen molar-refractivity contribution in [3.63, 3.8) is 0 Å². The van der Waals surface area contributed by atoms with E-state index in [4.69, 9.17) is 9.84 Å². The van der Waals surface area contributed by atoms with Gasteiger partial charge in [0.25, 0.3) is 0 Å². The van der Waals surface area contributed by atoms with Gasteiger partial charge in [0.1, 0.15) is 17.6 Å². The second kappa shape index (κ2) is 5.96. The van der Waals surface area contributed by atoms with Gasteiger partial charge in [0.2, 0.25) is 0 Å². The van der Waals surface area contributed by atoms with E-state index in [-0.39, 0.29) is 18.7 Å². The normalized spacial score (nSPS) is 21.2. The number of aliphatic hydroxyl groups is 1. The molecule has 0 aromatic heterocycles. The largest absolute Gasteiger partial charge is 0.497 e. The monoisotopic (exact) mass is 298 g/mol. The van der Waals surface area contributed by atoms with Crippen molar-refractivity contribution in [2.45, 2.75) is 18.6 Å². The number of nitrogens with one attached hydrogen (secondary N) is 1. The van der Waals surface area contributed by atoms with Crippen LogP contribution in [0.3, 0.4) is 0 Å². The number of likely N-dealkylation sites (tertiary alicyclic amines) is 1. The number of hydrogen-bond donors (Lipinski definition) is 3. The molecule has 2 amide bonds. The van der Waals surface area contributed by atoms with E-state index in [1.807, 2.05) is 0 Å². The molecule has 8 heteroatoms. The SMILES string of the molecule is COc1ccc(F)c(NC(=O)N2C[C@H](O)C[C@@H]2C(=O)O)c1. The number of amides is 2. The molecule has 0 unspecified atom stereocenters. The molecule has 0 saturated carbocycles. The second-order valence-corrected chi connectivity index (χ2v) is 4.67. The molecule has 2 rings (SSSR count). The zero-order valence-electron chi connectivity index (χ0n) is 11.2. The number of aliphatic carboxylic acids is 1. The van der Waals surface area contributed by atoms with Crippen LogP contribution in [-0.2, 0) is 4.79 Å². The molecule has 1 saturated heterocycles. The van der Waals surface area contributed by atoms with Crippen LogP contribution in [-0.4, -0.2) is 52.9 Å². The average Bonchev–Trinajstić information content (AvgIpc) is 2.83. The molecule has 0 radical (unpaired) electrons. The number of methoxy groups -OCH3 is 1. The highest BCUT2D eigenvalue weighted by molar-refractivity contribution is 5.93. The van der Waals surface area contributed by atoms with Gasteiger partial charge in [0, 0.05) is 19.0 Å². The van der Waals surface area contributed by atoms with Crippen LogP contribution in [0.25, 0.3) is 0 Å². The molecule has 1 aliphatic rings. The number of carboxylic acid groups (broad SMARTS) is 1. The maximum atomic E-state index is 13.6. The van der Waals surface area contributed by atoms with E-state index in [2.05, 4.69) is 5.32 Å². The first-order valence-corrected chi connectivity index (χ1v) is 6.24. The summed E-state index contributed by atoms with van der Waals surface area (Å²) >= 11 is 0. The molecule has 3 N–H and O–H groups in total. The topological polar surface area (TPSA) is 99.1 Å². The van der Waals surface area contributed by atoms with E-state index < -0.39 is 30.0 Å². The minimum Gasteiger partial charge on any atom is -0.497 e. The van der Waals surface area contributed by atoms with Crippen LogP contribution in [0.1, 0.15) is 6.42 Å². The summed E-state index contributed by atoms with van der Waals surface area (Å²) in [5.74, 6) is -1.54.